The predicted octanol–water partition coefficient (Wildman–Crippen LogP) is 3.82. The number of benzene rings is 2. The summed E-state index contributed by atoms with van der Waals surface area (Å²) in [7, 11) is 1.59. The summed E-state index contributed by atoms with van der Waals surface area (Å²) < 4.78 is 20.4. The topological polar surface area (TPSA) is 132 Å². The van der Waals surface area contributed by atoms with E-state index >= 15 is 0 Å². The number of nitrogens with one attached hydrogen (secondary N) is 2. The number of ketones is 1. The van der Waals surface area contributed by atoms with Gasteiger partial charge >= 0.3 is 0 Å². The van der Waals surface area contributed by atoms with Crippen molar-refractivity contribution >= 4 is 17.4 Å². The second-order valence-corrected chi connectivity index (χ2v) is 10.2. The summed E-state index contributed by atoms with van der Waals surface area (Å²) in [5, 5.41) is 13.5. The van der Waals surface area contributed by atoms with E-state index in [4.69, 9.17) is 4.42 Å². The van der Waals surface area contributed by atoms with E-state index in [0.29, 0.717) is 11.4 Å². The highest BCUT2D eigenvalue weighted by atomic mass is 19.1. The molecule has 0 fully saturated rings. The Bertz CT molecular complexity index is 1560. The molecule has 0 spiro atoms. The lowest BCUT2D eigenvalue weighted by Gasteiger charge is -2.21. The molecule has 2 aromatic heterocycles. The van der Waals surface area contributed by atoms with Crippen LogP contribution in [0.1, 0.15) is 49.8 Å². The quantitative estimate of drug-likeness (QED) is 0.287. The minimum absolute atomic E-state index is 0.172. The molecule has 1 atom stereocenters. The van der Waals surface area contributed by atoms with E-state index in [1.54, 1.807) is 57.3 Å². The predicted molar refractivity (Wildman–Crippen MR) is 147 cm³/mol. The minimum atomic E-state index is -0.994. The lowest BCUT2D eigenvalue weighted by molar-refractivity contribution is -0.122. The summed E-state index contributed by atoms with van der Waals surface area (Å²) in [4.78, 5) is 44.1. The normalized spacial score (nSPS) is 12.3. The highest BCUT2D eigenvalue weighted by Crippen LogP contribution is 2.31. The molecule has 2 N–H and O–H groups in total. The van der Waals surface area contributed by atoms with Crippen LogP contribution in [0.15, 0.2) is 70.0 Å². The summed E-state index contributed by atoms with van der Waals surface area (Å²) >= 11 is 0. The Hall–Kier alpha value is -4.67. The van der Waals surface area contributed by atoms with Crippen LogP contribution in [-0.2, 0) is 16.8 Å². The molecule has 4 rings (SSSR count). The van der Waals surface area contributed by atoms with Gasteiger partial charge in [-0.2, -0.15) is 0 Å². The van der Waals surface area contributed by atoms with E-state index in [-0.39, 0.29) is 35.7 Å². The van der Waals surface area contributed by atoms with Gasteiger partial charge in [-0.3, -0.25) is 19.0 Å². The number of hydrogen-bond acceptors (Lipinski definition) is 8. The fraction of sp³-hybridized carbons (Fsp3) is 0.310. The molecule has 11 heteroatoms. The standard InChI is InChI=1S/C29H31FN6O4/c1-17(2)23(24(38)26-34-35-28(40-26)29(3,4)19-11-13-20(30)14-12-19)33-22(37)16-36-25(18-9-7-6-8-10-18)32-15-21(31-5)27(36)39/h6-15,17,23,31H,16H2,1-5H3,(H,33,37)/t23-/m1/s1. The van der Waals surface area contributed by atoms with E-state index in [9.17, 15) is 18.8 Å². The number of Topliss-reactive ketones (excluding diaryl/α,β-unsaturated/α-hetero) is 1. The van der Waals surface area contributed by atoms with Crippen LogP contribution in [0.25, 0.3) is 11.4 Å². The largest absolute Gasteiger partial charge is 0.417 e. The van der Waals surface area contributed by atoms with Crippen LogP contribution in [0.4, 0.5) is 10.1 Å². The van der Waals surface area contributed by atoms with Gasteiger partial charge in [-0.1, -0.05) is 56.3 Å². The van der Waals surface area contributed by atoms with Crippen LogP contribution in [0.2, 0.25) is 0 Å². The Morgan fingerprint density at radius 1 is 1.05 bits per heavy atom. The number of nitrogens with zero attached hydrogens (tertiary/aromatic N) is 4. The van der Waals surface area contributed by atoms with E-state index in [2.05, 4.69) is 25.8 Å². The van der Waals surface area contributed by atoms with Crippen molar-refractivity contribution in [2.24, 2.45) is 5.92 Å². The molecule has 2 aromatic carbocycles. The third-order valence-electron chi connectivity index (χ3n) is 6.65. The Kier molecular flexibility index (Phi) is 8.22. The van der Waals surface area contributed by atoms with Crippen molar-refractivity contribution in [1.82, 2.24) is 25.1 Å². The van der Waals surface area contributed by atoms with Gasteiger partial charge in [-0.05, 0) is 37.5 Å². The molecule has 10 nitrogen and oxygen atoms in total. The SMILES string of the molecule is CNc1cnc(-c2ccccc2)n(CC(=O)N[C@@H](C(=O)c2nnc(C(C)(C)c3ccc(F)cc3)o2)C(C)C)c1=O. The molecular weight excluding hydrogens is 515 g/mol. The molecule has 0 saturated carbocycles. The number of anilines is 1. The van der Waals surface area contributed by atoms with Gasteiger partial charge < -0.3 is 15.1 Å². The lowest BCUT2D eigenvalue weighted by Crippen LogP contribution is -2.46. The average molecular weight is 547 g/mol. The maximum absolute atomic E-state index is 13.4. The third-order valence-corrected chi connectivity index (χ3v) is 6.65. The second-order valence-electron chi connectivity index (χ2n) is 10.2. The van der Waals surface area contributed by atoms with Gasteiger partial charge in [0, 0.05) is 12.6 Å². The van der Waals surface area contributed by atoms with Crippen LogP contribution in [0.5, 0.6) is 0 Å². The van der Waals surface area contributed by atoms with Crippen molar-refractivity contribution < 1.29 is 18.4 Å². The molecule has 0 aliphatic carbocycles. The molecule has 0 radical (unpaired) electrons. The molecule has 2 heterocycles. The van der Waals surface area contributed by atoms with Crippen molar-refractivity contribution in [3.05, 3.63) is 94.3 Å². The zero-order valence-corrected chi connectivity index (χ0v) is 22.9. The molecule has 4 aromatic rings. The Balaban J connectivity index is 1.57. The molecule has 1 amide bonds. The highest BCUT2D eigenvalue weighted by molar-refractivity contribution is 5.98. The Morgan fingerprint density at radius 3 is 2.35 bits per heavy atom. The molecule has 0 aliphatic heterocycles. The maximum atomic E-state index is 13.4. The first-order chi connectivity index (χ1) is 19.0. The van der Waals surface area contributed by atoms with Gasteiger partial charge in [0.1, 0.15) is 23.9 Å². The summed E-state index contributed by atoms with van der Waals surface area (Å²) in [5.41, 5.74) is 0.390. The molecule has 40 heavy (non-hydrogen) atoms. The first-order valence-electron chi connectivity index (χ1n) is 12.8. The van der Waals surface area contributed by atoms with Crippen molar-refractivity contribution in [1.29, 1.82) is 0 Å². The molecule has 0 saturated heterocycles. The van der Waals surface area contributed by atoms with Gasteiger partial charge in [-0.15, -0.1) is 10.2 Å². The zero-order valence-electron chi connectivity index (χ0n) is 22.9. The van der Waals surface area contributed by atoms with Gasteiger partial charge in [-0.25, -0.2) is 9.37 Å². The van der Waals surface area contributed by atoms with Crippen molar-refractivity contribution in [3.63, 3.8) is 0 Å². The average Bonchev–Trinajstić information content (AvgIpc) is 3.44. The van der Waals surface area contributed by atoms with Crippen LogP contribution in [0.3, 0.4) is 0 Å². The number of amides is 1. The van der Waals surface area contributed by atoms with Crippen molar-refractivity contribution in [3.8, 4) is 11.4 Å². The van der Waals surface area contributed by atoms with Crippen LogP contribution >= 0.6 is 0 Å². The van der Waals surface area contributed by atoms with Gasteiger partial charge in [0.05, 0.1) is 17.7 Å². The van der Waals surface area contributed by atoms with Crippen LogP contribution in [-0.4, -0.2) is 44.5 Å². The smallest absolute Gasteiger partial charge is 0.286 e. The lowest BCUT2D eigenvalue weighted by atomic mass is 9.84. The summed E-state index contributed by atoms with van der Waals surface area (Å²) in [6, 6.07) is 13.9. The molecule has 0 unspecified atom stereocenters. The van der Waals surface area contributed by atoms with Gasteiger partial charge in [0.15, 0.2) is 0 Å². The Labute approximate surface area is 230 Å². The number of hydrogen-bond donors (Lipinski definition) is 2. The van der Waals surface area contributed by atoms with Gasteiger partial charge in [0.25, 0.3) is 11.4 Å². The van der Waals surface area contributed by atoms with Crippen molar-refractivity contribution in [2.45, 2.75) is 45.7 Å². The minimum Gasteiger partial charge on any atom is -0.417 e. The number of carbonyl (C=O) groups excluding carboxylic acids is 2. The fourth-order valence-electron chi connectivity index (χ4n) is 4.22. The molecular formula is C29H31FN6O4. The summed E-state index contributed by atoms with van der Waals surface area (Å²) in [6.07, 6.45) is 1.42. The van der Waals surface area contributed by atoms with E-state index in [1.807, 2.05) is 19.9 Å². The molecule has 208 valence electrons. The highest BCUT2D eigenvalue weighted by Gasteiger charge is 2.34. The number of rotatable bonds is 10. The monoisotopic (exact) mass is 546 g/mol. The van der Waals surface area contributed by atoms with E-state index < -0.39 is 28.7 Å². The third kappa shape index (κ3) is 5.83. The first kappa shape index (κ1) is 28.3. The van der Waals surface area contributed by atoms with Crippen LogP contribution < -0.4 is 16.2 Å². The van der Waals surface area contributed by atoms with E-state index in [0.717, 1.165) is 5.56 Å². The summed E-state index contributed by atoms with van der Waals surface area (Å²) in [6.45, 7) is 6.81. The van der Waals surface area contributed by atoms with Crippen molar-refractivity contribution in [2.75, 3.05) is 12.4 Å². The number of carbonyl (C=O) groups is 2. The molecule has 0 bridgehead atoms. The zero-order chi connectivity index (χ0) is 29.0. The molecule has 0 aliphatic rings. The number of aromatic nitrogens is 4. The first-order valence-corrected chi connectivity index (χ1v) is 12.8. The number of halogens is 1. The fourth-order valence-corrected chi connectivity index (χ4v) is 4.22. The maximum Gasteiger partial charge on any atom is 0.286 e. The summed E-state index contributed by atoms with van der Waals surface area (Å²) in [5.74, 6) is -1.60. The van der Waals surface area contributed by atoms with E-state index in [1.165, 1.54) is 22.9 Å². The van der Waals surface area contributed by atoms with Crippen LogP contribution in [0, 0.1) is 11.7 Å². The van der Waals surface area contributed by atoms with Gasteiger partial charge in [0.2, 0.25) is 17.6 Å². The second kappa shape index (κ2) is 11.6. The Morgan fingerprint density at radius 2 is 1.73 bits per heavy atom.